The fourth-order valence-corrected chi connectivity index (χ4v) is 5.77. The quantitative estimate of drug-likeness (QED) is 0.490. The van der Waals surface area contributed by atoms with Crippen molar-refractivity contribution < 1.29 is 22.4 Å². The van der Waals surface area contributed by atoms with Crippen molar-refractivity contribution in [2.75, 3.05) is 25.5 Å². The molecule has 2 aromatic rings. The third kappa shape index (κ3) is 4.99. The van der Waals surface area contributed by atoms with Gasteiger partial charge in [-0.3, -0.25) is 9.79 Å². The van der Waals surface area contributed by atoms with Crippen molar-refractivity contribution in [3.8, 4) is 0 Å². The second-order valence-electron chi connectivity index (χ2n) is 10.5. The first-order valence-corrected chi connectivity index (χ1v) is 13.1. The van der Waals surface area contributed by atoms with Crippen LogP contribution in [0.5, 0.6) is 0 Å². The van der Waals surface area contributed by atoms with Gasteiger partial charge in [0.1, 0.15) is 22.9 Å². The van der Waals surface area contributed by atoms with Crippen LogP contribution in [0.15, 0.2) is 33.7 Å². The van der Waals surface area contributed by atoms with Crippen molar-refractivity contribution in [3.05, 3.63) is 57.1 Å². The van der Waals surface area contributed by atoms with E-state index in [9.17, 15) is 22.4 Å². The van der Waals surface area contributed by atoms with Gasteiger partial charge >= 0.3 is 6.18 Å². The molecule has 5 rings (SSSR count). The molecule has 3 aliphatic rings. The first kappa shape index (κ1) is 26.1. The van der Waals surface area contributed by atoms with Crippen LogP contribution in [0.1, 0.15) is 61.0 Å². The lowest BCUT2D eigenvalue weighted by molar-refractivity contribution is -0.141. The van der Waals surface area contributed by atoms with Crippen LogP contribution in [0, 0.1) is 5.82 Å². The summed E-state index contributed by atoms with van der Waals surface area (Å²) < 4.78 is 55.4. The number of benzene rings is 1. The average Bonchev–Trinajstić information content (AvgIpc) is 3.60. The van der Waals surface area contributed by atoms with Gasteiger partial charge in [-0.2, -0.15) is 13.2 Å². The van der Waals surface area contributed by atoms with E-state index in [0.717, 1.165) is 24.6 Å². The summed E-state index contributed by atoms with van der Waals surface area (Å²) in [5.74, 6) is -0.331. The molecule has 1 amide bonds. The van der Waals surface area contributed by atoms with E-state index in [1.54, 1.807) is 0 Å². The Labute approximate surface area is 221 Å². The number of halogens is 5. The Hall–Kier alpha value is -2.53. The van der Waals surface area contributed by atoms with Crippen LogP contribution in [0.25, 0.3) is 0 Å². The molecule has 37 heavy (non-hydrogen) atoms. The van der Waals surface area contributed by atoms with Crippen LogP contribution in [-0.4, -0.2) is 53.8 Å². The minimum Gasteiger partial charge on any atom is -0.368 e. The second-order valence-corrected chi connectivity index (χ2v) is 11.4. The Morgan fingerprint density at radius 2 is 1.97 bits per heavy atom. The third-order valence-corrected chi connectivity index (χ3v) is 7.72. The largest absolute Gasteiger partial charge is 0.433 e. The maximum Gasteiger partial charge on any atom is 0.433 e. The number of nitrogens with zero attached hydrogens (tertiary/aromatic N) is 4. The van der Waals surface area contributed by atoms with Gasteiger partial charge in [0.2, 0.25) is 0 Å². The van der Waals surface area contributed by atoms with Gasteiger partial charge in [-0.15, -0.1) is 0 Å². The highest BCUT2D eigenvalue weighted by Gasteiger charge is 2.49. The van der Waals surface area contributed by atoms with Crippen molar-refractivity contribution in [3.63, 3.8) is 0 Å². The normalized spacial score (nSPS) is 24.1. The molecule has 2 atom stereocenters. The molecule has 2 aliphatic heterocycles. The van der Waals surface area contributed by atoms with E-state index in [-0.39, 0.29) is 29.5 Å². The number of aliphatic imine (C=N–C) groups is 1. The molecule has 11 heteroatoms. The molecule has 1 spiro atoms. The lowest BCUT2D eigenvalue weighted by Crippen LogP contribution is -2.53. The number of carbonyl (C=O) groups excluding carboxylic acids is 1. The van der Waals surface area contributed by atoms with Crippen LogP contribution in [-0.2, 0) is 17.5 Å². The fraction of sp³-hybridized carbons (Fsp3) is 0.500. The Bertz CT molecular complexity index is 1280. The van der Waals surface area contributed by atoms with Gasteiger partial charge in [-0.25, -0.2) is 9.37 Å². The van der Waals surface area contributed by atoms with E-state index in [1.165, 1.54) is 12.1 Å². The Morgan fingerprint density at radius 3 is 2.59 bits per heavy atom. The molecule has 1 aliphatic carbocycles. The molecule has 1 saturated carbocycles. The average molecular weight is 582 g/mol. The van der Waals surface area contributed by atoms with Crippen LogP contribution < -0.4 is 10.2 Å². The Morgan fingerprint density at radius 1 is 1.24 bits per heavy atom. The molecular weight excluding hydrogens is 554 g/mol. The number of pyridine rings is 1. The molecule has 0 radical (unpaired) electrons. The van der Waals surface area contributed by atoms with Gasteiger partial charge in [-0.05, 0) is 64.5 Å². The van der Waals surface area contributed by atoms with Crippen molar-refractivity contribution in [1.29, 1.82) is 0 Å². The SMILES string of the molecule is C[C@H]1C[C@@]2(CCN1c1cc(Br)cc(F)c1CN(C)C)N=C(c1ccc(C(F)(F)F)nc1C1CC1)NC2=O. The molecule has 0 bridgehead atoms. The fourth-order valence-electron chi connectivity index (χ4n) is 5.36. The summed E-state index contributed by atoms with van der Waals surface area (Å²) in [5, 5.41) is 2.84. The smallest absolute Gasteiger partial charge is 0.368 e. The van der Waals surface area contributed by atoms with Crippen LogP contribution in [0.3, 0.4) is 0 Å². The summed E-state index contributed by atoms with van der Waals surface area (Å²) in [6, 6.07) is 5.54. The third-order valence-electron chi connectivity index (χ3n) is 7.27. The van der Waals surface area contributed by atoms with Gasteiger partial charge in [-0.1, -0.05) is 15.9 Å². The highest BCUT2D eigenvalue weighted by molar-refractivity contribution is 9.10. The maximum atomic E-state index is 14.9. The number of anilines is 1. The van der Waals surface area contributed by atoms with Crippen molar-refractivity contribution in [1.82, 2.24) is 15.2 Å². The molecule has 1 saturated heterocycles. The topological polar surface area (TPSA) is 60.8 Å². The van der Waals surface area contributed by atoms with E-state index in [0.29, 0.717) is 47.2 Å². The lowest BCUT2D eigenvalue weighted by atomic mass is 9.83. The van der Waals surface area contributed by atoms with E-state index in [1.807, 2.05) is 32.0 Å². The molecule has 3 heterocycles. The summed E-state index contributed by atoms with van der Waals surface area (Å²) in [7, 11) is 3.76. The van der Waals surface area contributed by atoms with Crippen LogP contribution in [0.4, 0.5) is 23.2 Å². The molecule has 2 fully saturated rings. The zero-order valence-electron chi connectivity index (χ0n) is 20.8. The predicted molar refractivity (Wildman–Crippen MR) is 136 cm³/mol. The zero-order valence-corrected chi connectivity index (χ0v) is 22.4. The predicted octanol–water partition coefficient (Wildman–Crippen LogP) is 5.25. The first-order chi connectivity index (χ1) is 17.4. The number of hydrogen-bond donors (Lipinski definition) is 1. The van der Waals surface area contributed by atoms with Crippen LogP contribution in [0.2, 0.25) is 0 Å². The Balaban J connectivity index is 1.45. The van der Waals surface area contributed by atoms with E-state index >= 15 is 0 Å². The molecule has 1 N–H and O–H groups in total. The van der Waals surface area contributed by atoms with E-state index in [4.69, 9.17) is 4.99 Å². The zero-order chi connectivity index (χ0) is 26.7. The number of amides is 1. The number of hydrogen-bond acceptors (Lipinski definition) is 5. The molecule has 6 nitrogen and oxygen atoms in total. The standard InChI is InChI=1S/C26H28BrF4N5O/c1-14-12-25(8-9-36(14)20-11-16(27)10-19(28)18(20)13-35(2)3)24(37)33-23(34-25)17-6-7-21(26(29,30)31)32-22(17)15-4-5-15/h6-7,10-11,14-15H,4-5,8-9,12-13H2,1-3H3,(H,33,34,37)/t14-,25+/m0/s1. The highest BCUT2D eigenvalue weighted by atomic mass is 79.9. The number of nitrogens with one attached hydrogen (secondary N) is 1. The highest BCUT2D eigenvalue weighted by Crippen LogP contribution is 2.44. The number of aromatic nitrogens is 1. The molecule has 0 unspecified atom stereocenters. The lowest BCUT2D eigenvalue weighted by Gasteiger charge is -2.43. The minimum absolute atomic E-state index is 0.0595. The first-order valence-electron chi connectivity index (χ1n) is 12.3. The Kier molecular flexibility index (Phi) is 6.59. The number of amidine groups is 1. The van der Waals surface area contributed by atoms with Crippen molar-refractivity contribution in [2.24, 2.45) is 4.99 Å². The summed E-state index contributed by atoms with van der Waals surface area (Å²) in [5.41, 5.74) is 0.192. The second kappa shape index (κ2) is 9.34. The summed E-state index contributed by atoms with van der Waals surface area (Å²) in [6.45, 7) is 2.88. The van der Waals surface area contributed by atoms with E-state index in [2.05, 4.69) is 31.1 Å². The molecule has 198 valence electrons. The van der Waals surface area contributed by atoms with Crippen molar-refractivity contribution >= 4 is 33.4 Å². The molecule has 1 aromatic carbocycles. The summed E-state index contributed by atoms with van der Waals surface area (Å²) >= 11 is 3.40. The van der Waals surface area contributed by atoms with Crippen molar-refractivity contribution in [2.45, 2.75) is 62.8 Å². The monoisotopic (exact) mass is 581 g/mol. The number of rotatable bonds is 5. The van der Waals surface area contributed by atoms with E-state index < -0.39 is 17.4 Å². The number of alkyl halides is 3. The molecule has 1 aromatic heterocycles. The van der Waals surface area contributed by atoms with Gasteiger partial charge in [0.25, 0.3) is 5.91 Å². The van der Waals surface area contributed by atoms with Gasteiger partial charge in [0, 0.05) is 52.8 Å². The summed E-state index contributed by atoms with van der Waals surface area (Å²) in [6.07, 6.45) is -2.22. The van der Waals surface area contributed by atoms with Gasteiger partial charge in [0.05, 0.1) is 5.69 Å². The van der Waals surface area contributed by atoms with Crippen LogP contribution >= 0.6 is 15.9 Å². The van der Waals surface area contributed by atoms with Gasteiger partial charge < -0.3 is 15.1 Å². The maximum absolute atomic E-state index is 14.9. The van der Waals surface area contributed by atoms with Gasteiger partial charge in [0.15, 0.2) is 0 Å². The number of piperidine rings is 1. The molecular formula is C26H28BrF4N5O. The minimum atomic E-state index is -4.54. The number of carbonyl (C=O) groups is 1. The summed E-state index contributed by atoms with van der Waals surface area (Å²) in [4.78, 5) is 26.0.